The quantitative estimate of drug-likeness (QED) is 0.603. The van der Waals surface area contributed by atoms with Crippen molar-refractivity contribution in [2.45, 2.75) is 59.0 Å². The average Bonchev–Trinajstić information content (AvgIpc) is 2.50. The van der Waals surface area contributed by atoms with E-state index in [2.05, 4.69) is 29.8 Å². The minimum Gasteiger partial charge on any atom is -0.306 e. The molecule has 0 fully saturated rings. The molecule has 5 heteroatoms. The molecule has 1 aliphatic rings. The van der Waals surface area contributed by atoms with Crippen LogP contribution >= 0.6 is 23.5 Å². The lowest BCUT2D eigenvalue weighted by Gasteiger charge is -2.16. The van der Waals surface area contributed by atoms with Crippen LogP contribution in [0.2, 0.25) is 0 Å². The molecule has 0 bridgehead atoms. The van der Waals surface area contributed by atoms with E-state index >= 15 is 0 Å². The summed E-state index contributed by atoms with van der Waals surface area (Å²) in [6.07, 6.45) is 4.71. The molecule has 0 radical (unpaired) electrons. The average molecular weight is 325 g/mol. The maximum atomic E-state index is 12.6. The molecule has 0 aromatic carbocycles. The first-order valence-corrected chi connectivity index (χ1v) is 8.74. The van der Waals surface area contributed by atoms with Crippen LogP contribution in [0.1, 0.15) is 52.9 Å². The number of allylic oxidation sites excluding steroid dienone is 1. The summed E-state index contributed by atoms with van der Waals surface area (Å²) in [6, 6.07) is 0. The Morgan fingerprint density at radius 1 is 1.35 bits per heavy atom. The molecule has 0 aromatic rings. The molecule has 17 heavy (non-hydrogen) atoms. The SMILES string of the molecule is CCCCC1=C(Br)[C@@H](CCC)O[P@]1(=O)OCC. The molecule has 2 atom stereocenters. The Labute approximate surface area is 113 Å². The van der Waals surface area contributed by atoms with Gasteiger partial charge in [-0.25, -0.2) is 0 Å². The van der Waals surface area contributed by atoms with Crippen molar-refractivity contribution >= 4 is 23.5 Å². The van der Waals surface area contributed by atoms with E-state index in [1.54, 1.807) is 0 Å². The van der Waals surface area contributed by atoms with Gasteiger partial charge in [0, 0.05) is 4.48 Å². The van der Waals surface area contributed by atoms with E-state index in [4.69, 9.17) is 9.05 Å². The molecule has 0 amide bonds. The van der Waals surface area contributed by atoms with Gasteiger partial charge in [-0.3, -0.25) is 9.09 Å². The smallest absolute Gasteiger partial charge is 0.306 e. The fraction of sp³-hybridized carbons (Fsp3) is 0.833. The molecule has 0 N–H and O–H groups in total. The Bertz CT molecular complexity index is 328. The second-order valence-corrected chi connectivity index (χ2v) is 7.05. The highest BCUT2D eigenvalue weighted by Crippen LogP contribution is 2.66. The summed E-state index contributed by atoms with van der Waals surface area (Å²) in [7, 11) is -3.02. The van der Waals surface area contributed by atoms with Crippen molar-refractivity contribution in [3.8, 4) is 0 Å². The normalized spacial score (nSPS) is 29.1. The Morgan fingerprint density at radius 3 is 2.59 bits per heavy atom. The number of hydrogen-bond donors (Lipinski definition) is 0. The van der Waals surface area contributed by atoms with Gasteiger partial charge in [0.05, 0.1) is 18.0 Å². The highest BCUT2D eigenvalue weighted by atomic mass is 79.9. The number of unbranched alkanes of at least 4 members (excludes halogenated alkanes) is 1. The van der Waals surface area contributed by atoms with Gasteiger partial charge in [0.2, 0.25) is 0 Å². The minimum atomic E-state index is -3.02. The van der Waals surface area contributed by atoms with Crippen LogP contribution in [-0.2, 0) is 13.6 Å². The van der Waals surface area contributed by atoms with Gasteiger partial charge in [-0.15, -0.1) is 0 Å². The third-order valence-electron chi connectivity index (χ3n) is 2.77. The maximum Gasteiger partial charge on any atom is 0.358 e. The molecule has 1 rings (SSSR count). The van der Waals surface area contributed by atoms with E-state index in [-0.39, 0.29) is 6.10 Å². The van der Waals surface area contributed by atoms with Crippen LogP contribution in [0.15, 0.2) is 9.80 Å². The number of halogens is 1. The minimum absolute atomic E-state index is 0.0794. The zero-order valence-corrected chi connectivity index (χ0v) is 13.4. The number of rotatable bonds is 7. The molecule has 0 spiro atoms. The summed E-state index contributed by atoms with van der Waals surface area (Å²) in [6.45, 7) is 6.49. The van der Waals surface area contributed by atoms with Gasteiger partial charge >= 0.3 is 7.60 Å². The third-order valence-corrected chi connectivity index (χ3v) is 6.32. The van der Waals surface area contributed by atoms with E-state index in [1.165, 1.54) is 0 Å². The van der Waals surface area contributed by atoms with Gasteiger partial charge in [0.1, 0.15) is 0 Å². The van der Waals surface area contributed by atoms with Gasteiger partial charge < -0.3 is 4.52 Å². The summed E-state index contributed by atoms with van der Waals surface area (Å²) in [5, 5.41) is 0.861. The van der Waals surface area contributed by atoms with Crippen molar-refractivity contribution in [2.75, 3.05) is 6.61 Å². The second kappa shape index (κ2) is 7.08. The zero-order chi connectivity index (χ0) is 12.9. The summed E-state index contributed by atoms with van der Waals surface area (Å²) in [4.78, 5) is 0. The lowest BCUT2D eigenvalue weighted by atomic mass is 10.1. The van der Waals surface area contributed by atoms with E-state index < -0.39 is 7.60 Å². The molecular formula is C12H22BrO3P. The van der Waals surface area contributed by atoms with Crippen molar-refractivity contribution in [1.29, 1.82) is 0 Å². The molecule has 0 unspecified atom stereocenters. The van der Waals surface area contributed by atoms with Gasteiger partial charge in [0.25, 0.3) is 0 Å². The van der Waals surface area contributed by atoms with Crippen molar-refractivity contribution < 1.29 is 13.6 Å². The second-order valence-electron chi connectivity index (χ2n) is 4.20. The summed E-state index contributed by atoms with van der Waals surface area (Å²) < 4.78 is 24.6. The first-order valence-electron chi connectivity index (χ1n) is 6.41. The molecule has 100 valence electrons. The maximum absolute atomic E-state index is 12.6. The van der Waals surface area contributed by atoms with Crippen LogP contribution in [0.4, 0.5) is 0 Å². The van der Waals surface area contributed by atoms with Crippen LogP contribution in [0, 0.1) is 0 Å². The Morgan fingerprint density at radius 2 is 2.06 bits per heavy atom. The highest BCUT2D eigenvalue weighted by Gasteiger charge is 2.42. The van der Waals surface area contributed by atoms with Crippen molar-refractivity contribution in [3.05, 3.63) is 9.80 Å². The molecule has 3 nitrogen and oxygen atoms in total. The van der Waals surface area contributed by atoms with Crippen LogP contribution in [0.3, 0.4) is 0 Å². The first-order chi connectivity index (χ1) is 8.09. The van der Waals surface area contributed by atoms with Gasteiger partial charge in [0.15, 0.2) is 0 Å². The fourth-order valence-electron chi connectivity index (χ4n) is 1.91. The molecule has 0 aromatic heterocycles. The lowest BCUT2D eigenvalue weighted by Crippen LogP contribution is -2.05. The largest absolute Gasteiger partial charge is 0.358 e. The van der Waals surface area contributed by atoms with Crippen LogP contribution in [0.25, 0.3) is 0 Å². The fourth-order valence-corrected chi connectivity index (χ4v) is 5.30. The zero-order valence-electron chi connectivity index (χ0n) is 10.9. The van der Waals surface area contributed by atoms with Crippen molar-refractivity contribution in [1.82, 2.24) is 0 Å². The summed E-state index contributed by atoms with van der Waals surface area (Å²) >= 11 is 3.55. The van der Waals surface area contributed by atoms with E-state index in [9.17, 15) is 4.57 Å². The van der Waals surface area contributed by atoms with Gasteiger partial charge in [-0.05, 0) is 26.2 Å². The summed E-state index contributed by atoms with van der Waals surface area (Å²) in [5.41, 5.74) is 0. The Kier molecular flexibility index (Phi) is 6.43. The Hall–Kier alpha value is 0.370. The molecule has 0 saturated carbocycles. The van der Waals surface area contributed by atoms with Crippen LogP contribution in [-0.4, -0.2) is 12.7 Å². The summed E-state index contributed by atoms with van der Waals surface area (Å²) in [5.74, 6) is 0. The molecule has 1 heterocycles. The van der Waals surface area contributed by atoms with Crippen molar-refractivity contribution in [2.24, 2.45) is 0 Å². The topological polar surface area (TPSA) is 35.5 Å². The molecular weight excluding hydrogens is 303 g/mol. The van der Waals surface area contributed by atoms with Crippen molar-refractivity contribution in [3.63, 3.8) is 0 Å². The molecule has 0 aliphatic carbocycles. The highest BCUT2D eigenvalue weighted by molar-refractivity contribution is 9.11. The molecule has 1 aliphatic heterocycles. The standard InChI is InChI=1S/C12H22BrO3P/c1-4-7-9-11-12(13)10(8-5-2)16-17(11,14)15-6-3/h10H,4-9H2,1-3H3/t10-,17-/m1/s1. The predicted octanol–water partition coefficient (Wildman–Crippen LogP) is 5.21. The Balaban J connectivity index is 2.89. The van der Waals surface area contributed by atoms with E-state index in [0.717, 1.165) is 41.9 Å². The molecule has 0 saturated heterocycles. The monoisotopic (exact) mass is 324 g/mol. The predicted molar refractivity (Wildman–Crippen MR) is 74.5 cm³/mol. The third kappa shape index (κ3) is 3.66. The van der Waals surface area contributed by atoms with Crippen LogP contribution < -0.4 is 0 Å². The van der Waals surface area contributed by atoms with Crippen LogP contribution in [0.5, 0.6) is 0 Å². The lowest BCUT2D eigenvalue weighted by molar-refractivity contribution is 0.186. The number of hydrogen-bond acceptors (Lipinski definition) is 3. The van der Waals surface area contributed by atoms with Gasteiger partial charge in [-0.2, -0.15) is 0 Å². The van der Waals surface area contributed by atoms with E-state index in [0.29, 0.717) is 6.61 Å². The van der Waals surface area contributed by atoms with Gasteiger partial charge in [-0.1, -0.05) is 42.6 Å². The van der Waals surface area contributed by atoms with E-state index in [1.807, 2.05) is 6.92 Å². The first kappa shape index (κ1) is 15.4.